The van der Waals surface area contributed by atoms with Gasteiger partial charge in [-0.3, -0.25) is 0 Å². The Hall–Kier alpha value is -1.39. The summed E-state index contributed by atoms with van der Waals surface area (Å²) in [6, 6.07) is 20.6. The first-order valence-corrected chi connectivity index (χ1v) is 12.5. The molecule has 0 spiro atoms. The Balaban J connectivity index is 1.89. The number of benzene rings is 2. The molecule has 0 aromatic heterocycles. The van der Waals surface area contributed by atoms with Crippen molar-refractivity contribution in [2.24, 2.45) is 5.92 Å². The van der Waals surface area contributed by atoms with Crippen LogP contribution in [-0.4, -0.2) is 16.7 Å². The first-order chi connectivity index (χ1) is 14.2. The van der Waals surface area contributed by atoms with Gasteiger partial charge in [-0.25, -0.2) is 4.79 Å². The van der Waals surface area contributed by atoms with Crippen molar-refractivity contribution in [3.8, 4) is 0 Å². The average molecular weight is 429 g/mol. The molecule has 0 bridgehead atoms. The highest BCUT2D eigenvalue weighted by Crippen LogP contribution is 2.50. The van der Waals surface area contributed by atoms with Gasteiger partial charge in [0.2, 0.25) is 0 Å². The predicted octanol–water partition coefficient (Wildman–Crippen LogP) is 7.58. The Labute approximate surface area is 184 Å². The first-order valence-electron chi connectivity index (χ1n) is 10.8. The highest BCUT2D eigenvalue weighted by atomic mass is 32.2. The molecule has 1 saturated heterocycles. The standard InChI is InChI=1S/C25H32O2S2/c1-21-14-8-4-2-3-5-13-19-25(24(26)27-20-21,28-22-15-9-6-10-16-22)29-23-17-11-7-12-18-23/h6-7,9-12,15-18,21H,2-5,8,13-14,19-20H2,1H3/t21-/m1/s1. The molecule has 1 fully saturated rings. The lowest BCUT2D eigenvalue weighted by atomic mass is 10.0. The molecule has 156 valence electrons. The molecule has 0 saturated carbocycles. The normalized spacial score (nSPS) is 21.3. The number of hydrogen-bond acceptors (Lipinski definition) is 4. The zero-order chi connectivity index (χ0) is 20.4. The van der Waals surface area contributed by atoms with Crippen LogP contribution in [0.4, 0.5) is 0 Å². The highest BCUT2D eigenvalue weighted by molar-refractivity contribution is 8.19. The van der Waals surface area contributed by atoms with Crippen LogP contribution in [0.1, 0.15) is 58.3 Å². The molecule has 0 radical (unpaired) electrons. The van der Waals surface area contributed by atoms with E-state index in [4.69, 9.17) is 4.74 Å². The number of rotatable bonds is 4. The van der Waals surface area contributed by atoms with E-state index >= 15 is 0 Å². The summed E-state index contributed by atoms with van der Waals surface area (Å²) in [5, 5.41) is 0. The van der Waals surface area contributed by atoms with Crippen molar-refractivity contribution >= 4 is 29.5 Å². The van der Waals surface area contributed by atoms with Crippen LogP contribution in [0.5, 0.6) is 0 Å². The molecule has 3 rings (SSSR count). The van der Waals surface area contributed by atoms with E-state index in [9.17, 15) is 4.79 Å². The van der Waals surface area contributed by atoms with E-state index in [-0.39, 0.29) is 5.97 Å². The molecule has 0 amide bonds. The summed E-state index contributed by atoms with van der Waals surface area (Å²) in [6.45, 7) is 2.72. The number of carbonyl (C=O) groups excluding carboxylic acids is 1. The fraction of sp³-hybridized carbons (Fsp3) is 0.480. The minimum Gasteiger partial charge on any atom is -0.464 e. The van der Waals surface area contributed by atoms with Crippen molar-refractivity contribution in [2.75, 3.05) is 6.61 Å². The maximum atomic E-state index is 13.5. The zero-order valence-electron chi connectivity index (χ0n) is 17.3. The third kappa shape index (κ3) is 7.11. The fourth-order valence-electron chi connectivity index (χ4n) is 3.63. The van der Waals surface area contributed by atoms with Crippen LogP contribution >= 0.6 is 23.5 Å². The van der Waals surface area contributed by atoms with Gasteiger partial charge in [0, 0.05) is 9.79 Å². The second-order valence-corrected chi connectivity index (χ2v) is 11.0. The quantitative estimate of drug-likeness (QED) is 0.370. The van der Waals surface area contributed by atoms with Crippen molar-refractivity contribution in [1.82, 2.24) is 0 Å². The van der Waals surface area contributed by atoms with Crippen LogP contribution in [0, 0.1) is 5.92 Å². The minimum absolute atomic E-state index is 0.0775. The lowest BCUT2D eigenvalue weighted by molar-refractivity contribution is -0.145. The molecule has 0 N–H and O–H groups in total. The summed E-state index contributed by atoms with van der Waals surface area (Å²) in [5.74, 6) is 0.340. The van der Waals surface area contributed by atoms with Gasteiger partial charge in [-0.1, -0.05) is 105 Å². The molecule has 0 aliphatic carbocycles. The molecular formula is C25H32O2S2. The monoisotopic (exact) mass is 428 g/mol. The number of esters is 1. The molecule has 0 unspecified atom stereocenters. The van der Waals surface area contributed by atoms with Crippen LogP contribution in [0.3, 0.4) is 0 Å². The van der Waals surface area contributed by atoms with Gasteiger partial charge in [-0.05, 0) is 43.0 Å². The first kappa shape index (κ1) is 22.3. The molecule has 1 atom stereocenters. The number of ether oxygens (including phenoxy) is 1. The van der Waals surface area contributed by atoms with E-state index in [1.807, 2.05) is 36.4 Å². The van der Waals surface area contributed by atoms with Gasteiger partial charge in [-0.15, -0.1) is 0 Å². The molecule has 2 aromatic carbocycles. The largest absolute Gasteiger partial charge is 0.464 e. The van der Waals surface area contributed by atoms with Gasteiger partial charge in [-0.2, -0.15) is 0 Å². The highest BCUT2D eigenvalue weighted by Gasteiger charge is 2.42. The van der Waals surface area contributed by atoms with E-state index < -0.39 is 4.08 Å². The van der Waals surface area contributed by atoms with E-state index in [0.29, 0.717) is 12.5 Å². The maximum absolute atomic E-state index is 13.5. The Morgan fingerprint density at radius 2 is 1.31 bits per heavy atom. The average Bonchev–Trinajstić information content (AvgIpc) is 2.75. The number of carbonyl (C=O) groups is 1. The second kappa shape index (κ2) is 11.7. The van der Waals surface area contributed by atoms with Crippen LogP contribution in [0.25, 0.3) is 0 Å². The molecule has 1 heterocycles. The summed E-state index contributed by atoms with van der Waals surface area (Å²) in [6.07, 6.45) is 9.26. The lowest BCUT2D eigenvalue weighted by Gasteiger charge is -2.31. The van der Waals surface area contributed by atoms with E-state index in [2.05, 4.69) is 31.2 Å². The van der Waals surface area contributed by atoms with Gasteiger partial charge in [0.25, 0.3) is 0 Å². The Morgan fingerprint density at radius 1 is 0.793 bits per heavy atom. The molecule has 29 heavy (non-hydrogen) atoms. The lowest BCUT2D eigenvalue weighted by Crippen LogP contribution is -2.34. The van der Waals surface area contributed by atoms with Crippen LogP contribution in [0.2, 0.25) is 0 Å². The Morgan fingerprint density at radius 3 is 1.90 bits per heavy atom. The summed E-state index contributed by atoms with van der Waals surface area (Å²) in [5.41, 5.74) is 0. The third-order valence-corrected chi connectivity index (χ3v) is 8.23. The second-order valence-electron chi connectivity index (χ2n) is 7.95. The van der Waals surface area contributed by atoms with E-state index in [1.165, 1.54) is 32.1 Å². The van der Waals surface area contributed by atoms with E-state index in [0.717, 1.165) is 29.1 Å². The zero-order valence-corrected chi connectivity index (χ0v) is 19.0. The Kier molecular flexibility index (Phi) is 9.00. The summed E-state index contributed by atoms with van der Waals surface area (Å²) in [7, 11) is 0. The molecular weight excluding hydrogens is 396 g/mol. The molecule has 2 aromatic rings. The van der Waals surface area contributed by atoms with Crippen molar-refractivity contribution in [3.63, 3.8) is 0 Å². The summed E-state index contributed by atoms with van der Waals surface area (Å²) >= 11 is 3.32. The topological polar surface area (TPSA) is 26.3 Å². The summed E-state index contributed by atoms with van der Waals surface area (Å²) in [4.78, 5) is 15.8. The van der Waals surface area contributed by atoms with Crippen molar-refractivity contribution in [1.29, 1.82) is 0 Å². The van der Waals surface area contributed by atoms with Crippen molar-refractivity contribution in [3.05, 3.63) is 60.7 Å². The van der Waals surface area contributed by atoms with Gasteiger partial charge in [0.05, 0.1) is 6.61 Å². The van der Waals surface area contributed by atoms with Gasteiger partial charge >= 0.3 is 5.97 Å². The summed E-state index contributed by atoms with van der Waals surface area (Å²) < 4.78 is 5.29. The fourth-order valence-corrected chi connectivity index (χ4v) is 6.50. The number of thioether (sulfide) groups is 2. The van der Waals surface area contributed by atoms with Crippen molar-refractivity contribution < 1.29 is 9.53 Å². The van der Waals surface area contributed by atoms with Gasteiger partial charge < -0.3 is 4.74 Å². The molecule has 2 nitrogen and oxygen atoms in total. The van der Waals surface area contributed by atoms with Crippen molar-refractivity contribution in [2.45, 2.75) is 72.2 Å². The minimum atomic E-state index is -0.656. The molecule has 1 aliphatic heterocycles. The predicted molar refractivity (Wildman–Crippen MR) is 124 cm³/mol. The molecule has 1 aliphatic rings. The SMILES string of the molecule is C[C@@H]1CCCCCCCCC(Sc2ccccc2)(Sc2ccccc2)C(=O)OC1. The van der Waals surface area contributed by atoms with Gasteiger partial charge in [0.1, 0.15) is 0 Å². The van der Waals surface area contributed by atoms with Gasteiger partial charge in [0.15, 0.2) is 4.08 Å². The maximum Gasteiger partial charge on any atom is 0.333 e. The number of cyclic esters (lactones) is 1. The van der Waals surface area contributed by atoms with E-state index in [1.54, 1.807) is 23.5 Å². The van der Waals surface area contributed by atoms with Crippen LogP contribution in [-0.2, 0) is 9.53 Å². The number of hydrogen-bond donors (Lipinski definition) is 0. The van der Waals surface area contributed by atoms with Crippen LogP contribution in [0.15, 0.2) is 70.5 Å². The smallest absolute Gasteiger partial charge is 0.333 e. The van der Waals surface area contributed by atoms with Crippen LogP contribution < -0.4 is 0 Å². The third-order valence-electron chi connectivity index (χ3n) is 5.31. The Bertz CT molecular complexity index is 692. The molecule has 4 heteroatoms.